The Hall–Kier alpha value is -2.17. The lowest BCUT2D eigenvalue weighted by atomic mass is 10.0. The molecule has 0 unspecified atom stereocenters. The lowest BCUT2D eigenvalue weighted by Gasteiger charge is -2.22. The third kappa shape index (κ3) is 6.47. The van der Waals surface area contributed by atoms with E-state index in [9.17, 15) is 4.79 Å². The second-order valence-electron chi connectivity index (χ2n) is 7.92. The summed E-state index contributed by atoms with van der Waals surface area (Å²) in [5.74, 6) is 0.572. The first-order chi connectivity index (χ1) is 13.6. The number of carbonyl (C=O) groups excluding carboxylic acids is 1. The fraction of sp³-hybridized carbons (Fsp3) is 0.458. The number of amides is 1. The Balaban J connectivity index is 1.49. The van der Waals surface area contributed by atoms with Crippen molar-refractivity contribution >= 4 is 5.91 Å². The number of ether oxygens (including phenoxy) is 2. The van der Waals surface area contributed by atoms with Gasteiger partial charge >= 0.3 is 0 Å². The van der Waals surface area contributed by atoms with Crippen LogP contribution < -0.4 is 5.32 Å². The molecule has 1 aliphatic rings. The summed E-state index contributed by atoms with van der Waals surface area (Å²) < 4.78 is 11.4. The molecule has 0 radical (unpaired) electrons. The molecule has 150 valence electrons. The van der Waals surface area contributed by atoms with Gasteiger partial charge in [-0.05, 0) is 54.0 Å². The monoisotopic (exact) mass is 381 g/mol. The maximum atomic E-state index is 12.4. The van der Waals surface area contributed by atoms with E-state index >= 15 is 0 Å². The molecule has 1 N–H and O–H groups in total. The van der Waals surface area contributed by atoms with Crippen LogP contribution in [0.1, 0.15) is 53.7 Å². The van der Waals surface area contributed by atoms with Gasteiger partial charge in [0.2, 0.25) is 0 Å². The molecule has 1 saturated heterocycles. The summed E-state index contributed by atoms with van der Waals surface area (Å²) in [5.41, 5.74) is 4.18. The molecule has 1 aliphatic heterocycles. The zero-order valence-corrected chi connectivity index (χ0v) is 16.9. The highest BCUT2D eigenvalue weighted by atomic mass is 16.5. The van der Waals surface area contributed by atoms with E-state index in [4.69, 9.17) is 9.47 Å². The lowest BCUT2D eigenvalue weighted by Crippen LogP contribution is -2.23. The highest BCUT2D eigenvalue weighted by Gasteiger charge is 2.14. The van der Waals surface area contributed by atoms with Crippen molar-refractivity contribution in [2.24, 2.45) is 5.92 Å². The van der Waals surface area contributed by atoms with Crippen LogP contribution in [0.25, 0.3) is 0 Å². The molecule has 0 atom stereocenters. The Labute approximate surface area is 168 Å². The van der Waals surface area contributed by atoms with Crippen molar-refractivity contribution in [1.29, 1.82) is 0 Å². The normalized spacial score (nSPS) is 15.0. The van der Waals surface area contributed by atoms with E-state index in [0.29, 0.717) is 24.6 Å². The zero-order chi connectivity index (χ0) is 19.8. The van der Waals surface area contributed by atoms with Crippen molar-refractivity contribution in [3.63, 3.8) is 0 Å². The maximum absolute atomic E-state index is 12.4. The van der Waals surface area contributed by atoms with Crippen molar-refractivity contribution in [1.82, 2.24) is 5.32 Å². The number of hydrogen-bond donors (Lipinski definition) is 1. The molecule has 0 saturated carbocycles. The Kier molecular flexibility index (Phi) is 7.63. The van der Waals surface area contributed by atoms with Crippen molar-refractivity contribution in [2.75, 3.05) is 13.2 Å². The van der Waals surface area contributed by atoms with Crippen LogP contribution in [0, 0.1) is 5.92 Å². The summed E-state index contributed by atoms with van der Waals surface area (Å²) in [7, 11) is 0. The molecule has 2 aromatic rings. The third-order valence-corrected chi connectivity index (χ3v) is 4.96. The van der Waals surface area contributed by atoms with Gasteiger partial charge < -0.3 is 14.8 Å². The van der Waals surface area contributed by atoms with Gasteiger partial charge in [0.05, 0.1) is 12.7 Å². The van der Waals surface area contributed by atoms with Crippen molar-refractivity contribution in [2.45, 2.75) is 52.4 Å². The molecule has 1 fully saturated rings. The summed E-state index contributed by atoms with van der Waals surface area (Å²) in [5, 5.41) is 3.01. The van der Waals surface area contributed by atoms with Gasteiger partial charge in [-0.25, -0.2) is 0 Å². The van der Waals surface area contributed by atoms with Crippen LogP contribution in [-0.4, -0.2) is 25.2 Å². The quantitative estimate of drug-likeness (QED) is 0.732. The zero-order valence-electron chi connectivity index (χ0n) is 16.9. The number of hydrogen-bond acceptors (Lipinski definition) is 3. The smallest absolute Gasteiger partial charge is 0.251 e. The van der Waals surface area contributed by atoms with E-state index in [1.165, 1.54) is 5.56 Å². The van der Waals surface area contributed by atoms with E-state index in [1.54, 1.807) is 0 Å². The predicted octanol–water partition coefficient (Wildman–Crippen LogP) is 4.51. The molecule has 4 nitrogen and oxygen atoms in total. The number of benzene rings is 2. The molecule has 2 aromatic carbocycles. The molecule has 3 rings (SSSR count). The van der Waals surface area contributed by atoms with E-state index < -0.39 is 0 Å². The fourth-order valence-corrected chi connectivity index (χ4v) is 3.43. The third-order valence-electron chi connectivity index (χ3n) is 4.96. The summed E-state index contributed by atoms with van der Waals surface area (Å²) in [6.45, 7) is 7.08. The Bertz CT molecular complexity index is 749. The largest absolute Gasteiger partial charge is 0.381 e. The second kappa shape index (κ2) is 10.4. The van der Waals surface area contributed by atoms with Gasteiger partial charge in [-0.15, -0.1) is 0 Å². The highest BCUT2D eigenvalue weighted by molar-refractivity contribution is 5.94. The standard InChI is InChI=1S/C24H31NO3/c1-18(2)14-19-6-8-22(9-7-19)24(26)25-16-20-4-3-5-21(15-20)17-28-23-10-12-27-13-11-23/h3-9,15,18,23H,10-14,16-17H2,1-2H3,(H,25,26). The first-order valence-electron chi connectivity index (χ1n) is 10.2. The van der Waals surface area contributed by atoms with Crippen LogP contribution in [0.2, 0.25) is 0 Å². The minimum Gasteiger partial charge on any atom is -0.381 e. The van der Waals surface area contributed by atoms with Crippen LogP contribution in [0.5, 0.6) is 0 Å². The molecule has 28 heavy (non-hydrogen) atoms. The molecule has 1 heterocycles. The van der Waals surface area contributed by atoms with E-state index in [2.05, 4.69) is 31.3 Å². The molecule has 1 amide bonds. The van der Waals surface area contributed by atoms with Gasteiger partial charge in [0, 0.05) is 25.3 Å². The fourth-order valence-electron chi connectivity index (χ4n) is 3.43. The molecule has 0 aliphatic carbocycles. The second-order valence-corrected chi connectivity index (χ2v) is 7.92. The van der Waals surface area contributed by atoms with Gasteiger partial charge in [0.15, 0.2) is 0 Å². The summed E-state index contributed by atoms with van der Waals surface area (Å²) in [6, 6.07) is 16.1. The molecular formula is C24H31NO3. The van der Waals surface area contributed by atoms with Crippen LogP contribution in [0.3, 0.4) is 0 Å². The number of nitrogens with one attached hydrogen (secondary N) is 1. The summed E-state index contributed by atoms with van der Waals surface area (Å²) in [6.07, 6.45) is 3.25. The van der Waals surface area contributed by atoms with Crippen molar-refractivity contribution in [3.8, 4) is 0 Å². The van der Waals surface area contributed by atoms with Crippen LogP contribution in [0.15, 0.2) is 48.5 Å². The Morgan fingerprint density at radius 3 is 2.50 bits per heavy atom. The number of carbonyl (C=O) groups is 1. The topological polar surface area (TPSA) is 47.6 Å². The minimum atomic E-state index is -0.0417. The predicted molar refractivity (Wildman–Crippen MR) is 111 cm³/mol. The van der Waals surface area contributed by atoms with Gasteiger partial charge in [0.25, 0.3) is 5.91 Å². The van der Waals surface area contributed by atoms with E-state index in [1.807, 2.05) is 36.4 Å². The molecule has 0 spiro atoms. The minimum absolute atomic E-state index is 0.0417. The molecule has 0 bridgehead atoms. The summed E-state index contributed by atoms with van der Waals surface area (Å²) in [4.78, 5) is 12.4. The van der Waals surface area contributed by atoms with E-state index in [-0.39, 0.29) is 12.0 Å². The van der Waals surface area contributed by atoms with E-state index in [0.717, 1.165) is 43.6 Å². The molecule has 0 aromatic heterocycles. The first kappa shape index (κ1) is 20.6. The van der Waals surface area contributed by atoms with Crippen LogP contribution in [0.4, 0.5) is 0 Å². The van der Waals surface area contributed by atoms with Gasteiger partial charge in [-0.1, -0.05) is 50.2 Å². The maximum Gasteiger partial charge on any atom is 0.251 e. The average molecular weight is 382 g/mol. The Morgan fingerprint density at radius 2 is 1.79 bits per heavy atom. The van der Waals surface area contributed by atoms with Crippen molar-refractivity contribution < 1.29 is 14.3 Å². The summed E-state index contributed by atoms with van der Waals surface area (Å²) >= 11 is 0. The van der Waals surface area contributed by atoms with Crippen LogP contribution >= 0.6 is 0 Å². The van der Waals surface area contributed by atoms with Gasteiger partial charge in [-0.2, -0.15) is 0 Å². The Morgan fingerprint density at radius 1 is 1.07 bits per heavy atom. The first-order valence-corrected chi connectivity index (χ1v) is 10.2. The van der Waals surface area contributed by atoms with Crippen LogP contribution in [-0.2, 0) is 29.0 Å². The van der Waals surface area contributed by atoms with Gasteiger partial charge in [0.1, 0.15) is 0 Å². The number of rotatable bonds is 8. The highest BCUT2D eigenvalue weighted by Crippen LogP contribution is 2.15. The molecular weight excluding hydrogens is 350 g/mol. The van der Waals surface area contributed by atoms with Gasteiger partial charge in [-0.3, -0.25) is 4.79 Å². The molecule has 4 heteroatoms. The van der Waals surface area contributed by atoms with Crippen molar-refractivity contribution in [3.05, 3.63) is 70.8 Å². The SMILES string of the molecule is CC(C)Cc1ccc(C(=O)NCc2cccc(COC3CCOCC3)c2)cc1. The lowest BCUT2D eigenvalue weighted by molar-refractivity contribution is -0.0390. The average Bonchev–Trinajstić information content (AvgIpc) is 2.72.